The highest BCUT2D eigenvalue weighted by Crippen LogP contribution is 2.36. The smallest absolute Gasteiger partial charge is 0.305 e. The minimum atomic E-state index is -0.911. The standard InChI is InChI=1S/C16H21NO4/c1-11(2)21-14-6-4-3-5-13(14)17(10-9-15(18)19)16(20)12-7-8-12/h3-6,11-12H,7-10H2,1-2H3,(H,18,19). The van der Waals surface area contributed by atoms with E-state index in [9.17, 15) is 9.59 Å². The van der Waals surface area contributed by atoms with E-state index in [-0.39, 0.29) is 30.9 Å². The molecule has 5 heteroatoms. The fourth-order valence-corrected chi connectivity index (χ4v) is 2.14. The number of ether oxygens (including phenoxy) is 1. The zero-order chi connectivity index (χ0) is 15.4. The summed E-state index contributed by atoms with van der Waals surface area (Å²) in [6.45, 7) is 4.01. The van der Waals surface area contributed by atoms with Gasteiger partial charge in [-0.05, 0) is 38.8 Å². The third-order valence-corrected chi connectivity index (χ3v) is 3.26. The summed E-state index contributed by atoms with van der Waals surface area (Å²) >= 11 is 0. The highest BCUT2D eigenvalue weighted by atomic mass is 16.5. The van der Waals surface area contributed by atoms with Gasteiger partial charge in [-0.3, -0.25) is 9.59 Å². The van der Waals surface area contributed by atoms with E-state index in [2.05, 4.69) is 0 Å². The van der Waals surface area contributed by atoms with Crippen LogP contribution in [0.15, 0.2) is 24.3 Å². The molecule has 1 aromatic carbocycles. The number of benzene rings is 1. The van der Waals surface area contributed by atoms with Gasteiger partial charge in [0.15, 0.2) is 0 Å². The van der Waals surface area contributed by atoms with E-state index < -0.39 is 5.97 Å². The Hall–Kier alpha value is -2.04. The maximum Gasteiger partial charge on any atom is 0.305 e. The van der Waals surface area contributed by atoms with Crippen LogP contribution in [-0.2, 0) is 9.59 Å². The van der Waals surface area contributed by atoms with Crippen LogP contribution in [0.2, 0.25) is 0 Å². The summed E-state index contributed by atoms with van der Waals surface area (Å²) in [5.74, 6) is -0.264. The molecule has 21 heavy (non-hydrogen) atoms. The second-order valence-corrected chi connectivity index (χ2v) is 5.54. The van der Waals surface area contributed by atoms with E-state index in [1.807, 2.05) is 32.0 Å². The van der Waals surface area contributed by atoms with Crippen LogP contribution in [-0.4, -0.2) is 29.6 Å². The van der Waals surface area contributed by atoms with Crippen LogP contribution in [0.3, 0.4) is 0 Å². The molecule has 0 atom stereocenters. The number of para-hydroxylation sites is 2. The van der Waals surface area contributed by atoms with Gasteiger partial charge in [0.05, 0.1) is 18.2 Å². The van der Waals surface area contributed by atoms with Gasteiger partial charge in [-0.25, -0.2) is 0 Å². The van der Waals surface area contributed by atoms with Crippen molar-refractivity contribution in [3.8, 4) is 5.75 Å². The average Bonchev–Trinajstić information content (AvgIpc) is 3.23. The van der Waals surface area contributed by atoms with Gasteiger partial charge in [-0.2, -0.15) is 0 Å². The Morgan fingerprint density at radius 3 is 2.57 bits per heavy atom. The van der Waals surface area contributed by atoms with Gasteiger partial charge in [0.25, 0.3) is 0 Å². The van der Waals surface area contributed by atoms with E-state index in [1.165, 1.54) is 0 Å². The lowest BCUT2D eigenvalue weighted by Gasteiger charge is -2.25. The average molecular weight is 291 g/mol. The Morgan fingerprint density at radius 2 is 2.00 bits per heavy atom. The topological polar surface area (TPSA) is 66.8 Å². The third kappa shape index (κ3) is 4.21. The molecule has 1 N–H and O–H groups in total. The number of rotatable bonds is 7. The maximum absolute atomic E-state index is 12.4. The summed E-state index contributed by atoms with van der Waals surface area (Å²) in [4.78, 5) is 24.8. The molecule has 0 heterocycles. The molecule has 1 fully saturated rings. The molecule has 5 nitrogen and oxygen atoms in total. The summed E-state index contributed by atoms with van der Waals surface area (Å²) in [7, 11) is 0. The maximum atomic E-state index is 12.4. The predicted octanol–water partition coefficient (Wildman–Crippen LogP) is 2.69. The summed E-state index contributed by atoms with van der Waals surface area (Å²) in [6, 6.07) is 7.29. The van der Waals surface area contributed by atoms with Crippen molar-refractivity contribution >= 4 is 17.6 Å². The van der Waals surface area contributed by atoms with Gasteiger partial charge in [0.1, 0.15) is 5.75 Å². The molecule has 0 spiro atoms. The fraction of sp³-hybridized carbons (Fsp3) is 0.500. The van der Waals surface area contributed by atoms with Crippen LogP contribution in [0.1, 0.15) is 33.1 Å². The molecule has 0 unspecified atom stereocenters. The Labute approximate surface area is 124 Å². The van der Waals surface area contributed by atoms with E-state index in [1.54, 1.807) is 11.0 Å². The SMILES string of the molecule is CC(C)Oc1ccccc1N(CCC(=O)O)C(=O)C1CC1. The number of hydrogen-bond donors (Lipinski definition) is 1. The van der Waals surface area contributed by atoms with Crippen LogP contribution >= 0.6 is 0 Å². The first-order chi connectivity index (χ1) is 9.99. The van der Waals surface area contributed by atoms with Crippen molar-refractivity contribution < 1.29 is 19.4 Å². The fourth-order valence-electron chi connectivity index (χ4n) is 2.14. The second kappa shape index (κ2) is 6.61. The Balaban J connectivity index is 2.26. The Kier molecular flexibility index (Phi) is 4.83. The van der Waals surface area contributed by atoms with Crippen molar-refractivity contribution in [2.24, 2.45) is 5.92 Å². The van der Waals surface area contributed by atoms with E-state index in [0.717, 1.165) is 12.8 Å². The van der Waals surface area contributed by atoms with Crippen molar-refractivity contribution in [3.63, 3.8) is 0 Å². The van der Waals surface area contributed by atoms with Crippen LogP contribution in [0.25, 0.3) is 0 Å². The largest absolute Gasteiger partial charge is 0.489 e. The number of carbonyl (C=O) groups is 2. The van der Waals surface area contributed by atoms with Gasteiger partial charge in [0.2, 0.25) is 5.91 Å². The first-order valence-corrected chi connectivity index (χ1v) is 7.28. The molecule has 1 aliphatic rings. The summed E-state index contributed by atoms with van der Waals surface area (Å²) in [5.41, 5.74) is 0.657. The molecular formula is C16H21NO4. The summed E-state index contributed by atoms with van der Waals surface area (Å²) in [5, 5.41) is 8.89. The minimum absolute atomic E-state index is 0.00365. The van der Waals surface area contributed by atoms with Crippen LogP contribution in [0.5, 0.6) is 5.75 Å². The molecule has 114 valence electrons. The van der Waals surface area contributed by atoms with E-state index in [4.69, 9.17) is 9.84 Å². The van der Waals surface area contributed by atoms with Crippen molar-refractivity contribution in [2.75, 3.05) is 11.4 Å². The number of anilines is 1. The number of amides is 1. The molecule has 0 radical (unpaired) electrons. The molecule has 0 saturated heterocycles. The minimum Gasteiger partial charge on any atom is -0.489 e. The first kappa shape index (κ1) is 15.4. The van der Waals surface area contributed by atoms with Crippen molar-refractivity contribution in [1.82, 2.24) is 0 Å². The van der Waals surface area contributed by atoms with Crippen molar-refractivity contribution in [3.05, 3.63) is 24.3 Å². The molecule has 1 saturated carbocycles. The number of aliphatic carboxylic acids is 1. The van der Waals surface area contributed by atoms with Gasteiger partial charge in [0, 0.05) is 12.5 Å². The predicted molar refractivity (Wildman–Crippen MR) is 79.5 cm³/mol. The van der Waals surface area contributed by atoms with Gasteiger partial charge < -0.3 is 14.7 Å². The van der Waals surface area contributed by atoms with Crippen LogP contribution < -0.4 is 9.64 Å². The van der Waals surface area contributed by atoms with Gasteiger partial charge in [-0.1, -0.05) is 12.1 Å². The molecule has 1 aliphatic carbocycles. The molecule has 0 aliphatic heterocycles. The summed E-state index contributed by atoms with van der Waals surface area (Å²) in [6.07, 6.45) is 1.68. The first-order valence-electron chi connectivity index (χ1n) is 7.28. The van der Waals surface area contributed by atoms with Crippen LogP contribution in [0, 0.1) is 5.92 Å². The third-order valence-electron chi connectivity index (χ3n) is 3.26. The van der Waals surface area contributed by atoms with Gasteiger partial charge >= 0.3 is 5.97 Å². The number of nitrogens with zero attached hydrogens (tertiary/aromatic N) is 1. The monoisotopic (exact) mass is 291 g/mol. The van der Waals surface area contributed by atoms with Crippen molar-refractivity contribution in [1.29, 1.82) is 0 Å². The summed E-state index contributed by atoms with van der Waals surface area (Å²) < 4.78 is 5.74. The highest BCUT2D eigenvalue weighted by Gasteiger charge is 2.35. The van der Waals surface area contributed by atoms with Crippen molar-refractivity contribution in [2.45, 2.75) is 39.2 Å². The molecule has 0 aromatic heterocycles. The highest BCUT2D eigenvalue weighted by molar-refractivity contribution is 5.98. The Bertz CT molecular complexity index is 523. The lowest BCUT2D eigenvalue weighted by molar-refractivity contribution is -0.136. The molecular weight excluding hydrogens is 270 g/mol. The number of carbonyl (C=O) groups excluding carboxylic acids is 1. The van der Waals surface area contributed by atoms with E-state index >= 15 is 0 Å². The van der Waals surface area contributed by atoms with Crippen LogP contribution in [0.4, 0.5) is 5.69 Å². The zero-order valence-electron chi connectivity index (χ0n) is 12.4. The Morgan fingerprint density at radius 1 is 1.33 bits per heavy atom. The molecule has 1 amide bonds. The number of carboxylic acid groups (broad SMARTS) is 1. The zero-order valence-corrected chi connectivity index (χ0v) is 12.4. The normalized spacial score (nSPS) is 14.0. The number of hydrogen-bond acceptors (Lipinski definition) is 3. The lowest BCUT2D eigenvalue weighted by atomic mass is 10.2. The quantitative estimate of drug-likeness (QED) is 0.838. The molecule has 1 aromatic rings. The van der Waals surface area contributed by atoms with Gasteiger partial charge in [-0.15, -0.1) is 0 Å². The molecule has 2 rings (SSSR count). The second-order valence-electron chi connectivity index (χ2n) is 5.54. The molecule has 0 bridgehead atoms. The number of carboxylic acids is 1. The lowest BCUT2D eigenvalue weighted by Crippen LogP contribution is -2.34. The van der Waals surface area contributed by atoms with E-state index in [0.29, 0.717) is 11.4 Å².